The molecular formula is C22H21N3O2S. The van der Waals surface area contributed by atoms with E-state index >= 15 is 0 Å². The second kappa shape index (κ2) is 7.94. The summed E-state index contributed by atoms with van der Waals surface area (Å²) in [7, 11) is 0. The van der Waals surface area contributed by atoms with Gasteiger partial charge in [0.2, 0.25) is 11.8 Å². The van der Waals surface area contributed by atoms with Gasteiger partial charge in [0, 0.05) is 28.2 Å². The van der Waals surface area contributed by atoms with E-state index in [0.29, 0.717) is 11.4 Å². The zero-order valence-corrected chi connectivity index (χ0v) is 16.4. The third-order valence-corrected chi connectivity index (χ3v) is 5.46. The smallest absolute Gasteiger partial charge is 0.230 e. The fourth-order valence-electron chi connectivity index (χ4n) is 2.93. The number of aryl methyl sites for hydroxylation is 1. The number of nitrogens with zero attached hydrogens (tertiary/aromatic N) is 1. The lowest BCUT2D eigenvalue weighted by Crippen LogP contribution is -2.16. The molecule has 5 nitrogen and oxygen atoms in total. The average molecular weight is 391 g/mol. The molecule has 0 bridgehead atoms. The third-order valence-electron chi connectivity index (χ3n) is 4.52. The molecule has 1 aliphatic rings. The summed E-state index contributed by atoms with van der Waals surface area (Å²) in [4.78, 5) is 28.9. The molecule has 0 atom stereocenters. The molecule has 2 amide bonds. The van der Waals surface area contributed by atoms with Gasteiger partial charge in [0.05, 0.1) is 12.1 Å². The van der Waals surface area contributed by atoms with Crippen molar-refractivity contribution in [3.8, 4) is 10.6 Å². The molecule has 0 spiro atoms. The van der Waals surface area contributed by atoms with Crippen LogP contribution in [-0.4, -0.2) is 16.8 Å². The van der Waals surface area contributed by atoms with Crippen LogP contribution >= 0.6 is 11.3 Å². The average Bonchev–Trinajstić information content (AvgIpc) is 3.42. The van der Waals surface area contributed by atoms with Gasteiger partial charge in [0.1, 0.15) is 5.01 Å². The van der Waals surface area contributed by atoms with E-state index in [2.05, 4.69) is 21.7 Å². The molecule has 0 unspecified atom stereocenters. The Morgan fingerprint density at radius 2 is 1.82 bits per heavy atom. The first kappa shape index (κ1) is 18.4. The van der Waals surface area contributed by atoms with Gasteiger partial charge >= 0.3 is 0 Å². The number of benzene rings is 2. The summed E-state index contributed by atoms with van der Waals surface area (Å²) in [5.74, 6) is 0.0619. The summed E-state index contributed by atoms with van der Waals surface area (Å²) in [6.07, 6.45) is 2.13. The van der Waals surface area contributed by atoms with Crippen molar-refractivity contribution in [2.24, 2.45) is 5.92 Å². The summed E-state index contributed by atoms with van der Waals surface area (Å²) in [5, 5.41) is 8.61. The van der Waals surface area contributed by atoms with Crippen molar-refractivity contribution >= 4 is 34.5 Å². The van der Waals surface area contributed by atoms with Gasteiger partial charge in [-0.2, -0.15) is 0 Å². The fraction of sp³-hybridized carbons (Fsp3) is 0.227. The van der Waals surface area contributed by atoms with Crippen molar-refractivity contribution in [2.75, 3.05) is 10.6 Å². The monoisotopic (exact) mass is 391 g/mol. The first-order chi connectivity index (χ1) is 13.6. The van der Waals surface area contributed by atoms with E-state index in [4.69, 9.17) is 0 Å². The number of carbonyl (C=O) groups is 2. The van der Waals surface area contributed by atoms with Gasteiger partial charge in [-0.15, -0.1) is 11.3 Å². The van der Waals surface area contributed by atoms with Crippen molar-refractivity contribution in [1.82, 2.24) is 4.98 Å². The summed E-state index contributed by atoms with van der Waals surface area (Å²) in [6, 6.07) is 15.4. The second-order valence-electron chi connectivity index (χ2n) is 7.08. The van der Waals surface area contributed by atoms with Crippen molar-refractivity contribution in [3.05, 3.63) is 65.2 Å². The van der Waals surface area contributed by atoms with Crippen LogP contribution in [-0.2, 0) is 16.0 Å². The molecule has 0 saturated heterocycles. The van der Waals surface area contributed by atoms with Gasteiger partial charge in [0.25, 0.3) is 0 Å². The Morgan fingerprint density at radius 3 is 2.57 bits per heavy atom. The largest absolute Gasteiger partial charge is 0.326 e. The van der Waals surface area contributed by atoms with Crippen molar-refractivity contribution < 1.29 is 9.59 Å². The molecule has 1 aliphatic carbocycles. The predicted molar refractivity (Wildman–Crippen MR) is 112 cm³/mol. The molecule has 4 rings (SSSR count). The van der Waals surface area contributed by atoms with Crippen LogP contribution in [0.5, 0.6) is 0 Å². The number of hydrogen-bond acceptors (Lipinski definition) is 4. The van der Waals surface area contributed by atoms with Gasteiger partial charge in [-0.3, -0.25) is 9.59 Å². The maximum absolute atomic E-state index is 12.4. The van der Waals surface area contributed by atoms with E-state index in [0.717, 1.165) is 29.1 Å². The van der Waals surface area contributed by atoms with Crippen LogP contribution in [0.3, 0.4) is 0 Å². The summed E-state index contributed by atoms with van der Waals surface area (Å²) in [6.45, 7) is 2.05. The highest BCUT2D eigenvalue weighted by Crippen LogP contribution is 2.30. The van der Waals surface area contributed by atoms with Crippen LogP contribution in [0.25, 0.3) is 10.6 Å². The van der Waals surface area contributed by atoms with Crippen LogP contribution in [0.1, 0.15) is 24.1 Å². The molecule has 1 aromatic heterocycles. The lowest BCUT2D eigenvalue weighted by Gasteiger charge is -2.08. The summed E-state index contributed by atoms with van der Waals surface area (Å²) >= 11 is 1.54. The number of hydrogen-bond donors (Lipinski definition) is 2. The van der Waals surface area contributed by atoms with E-state index in [1.807, 2.05) is 48.7 Å². The number of carbonyl (C=O) groups excluding carboxylic acids is 2. The Hall–Kier alpha value is -2.99. The molecule has 6 heteroatoms. The number of amides is 2. The Balaban J connectivity index is 1.37. The molecule has 1 heterocycles. The van der Waals surface area contributed by atoms with Crippen molar-refractivity contribution in [1.29, 1.82) is 0 Å². The molecule has 0 aliphatic heterocycles. The van der Waals surface area contributed by atoms with Gasteiger partial charge in [-0.05, 0) is 44.0 Å². The SMILES string of the molecule is Cc1cccc(-c2nc(CC(=O)Nc3cccc(NC(=O)C4CC4)c3)cs2)c1. The van der Waals surface area contributed by atoms with Crippen LogP contribution in [0.15, 0.2) is 53.9 Å². The molecule has 2 aromatic carbocycles. The normalized spacial score (nSPS) is 13.2. The minimum absolute atomic E-state index is 0.0506. The predicted octanol–water partition coefficient (Wildman–Crippen LogP) is 4.65. The Morgan fingerprint density at radius 1 is 1.07 bits per heavy atom. The third kappa shape index (κ3) is 4.64. The van der Waals surface area contributed by atoms with Gasteiger partial charge in [-0.1, -0.05) is 29.8 Å². The second-order valence-corrected chi connectivity index (χ2v) is 7.94. The quantitative estimate of drug-likeness (QED) is 0.643. The highest BCUT2D eigenvalue weighted by atomic mass is 32.1. The summed E-state index contributed by atoms with van der Waals surface area (Å²) in [5.41, 5.74) is 4.35. The topological polar surface area (TPSA) is 71.1 Å². The van der Waals surface area contributed by atoms with E-state index in [-0.39, 0.29) is 24.2 Å². The minimum Gasteiger partial charge on any atom is -0.326 e. The highest BCUT2D eigenvalue weighted by Gasteiger charge is 2.29. The number of nitrogens with one attached hydrogen (secondary N) is 2. The van der Waals surface area contributed by atoms with Gasteiger partial charge < -0.3 is 10.6 Å². The van der Waals surface area contributed by atoms with Crippen LogP contribution in [0.4, 0.5) is 11.4 Å². The zero-order valence-electron chi connectivity index (χ0n) is 15.6. The summed E-state index contributed by atoms with van der Waals surface area (Å²) < 4.78 is 0. The van der Waals surface area contributed by atoms with E-state index < -0.39 is 0 Å². The first-order valence-corrected chi connectivity index (χ1v) is 10.2. The van der Waals surface area contributed by atoms with E-state index in [1.54, 1.807) is 6.07 Å². The van der Waals surface area contributed by atoms with Gasteiger partial charge in [0.15, 0.2) is 0 Å². The molecular weight excluding hydrogens is 370 g/mol. The van der Waals surface area contributed by atoms with Crippen LogP contribution in [0, 0.1) is 12.8 Å². The molecule has 142 valence electrons. The molecule has 1 saturated carbocycles. The zero-order chi connectivity index (χ0) is 19.5. The Labute approximate surface area is 167 Å². The minimum atomic E-state index is -0.133. The standard InChI is InChI=1S/C22H21N3O2S/c1-14-4-2-5-16(10-14)22-25-19(13-28-22)12-20(26)23-17-6-3-7-18(11-17)24-21(27)15-8-9-15/h2-7,10-11,13,15H,8-9,12H2,1H3,(H,23,26)(H,24,27). The number of rotatable bonds is 6. The lowest BCUT2D eigenvalue weighted by atomic mass is 10.1. The number of aromatic nitrogens is 1. The first-order valence-electron chi connectivity index (χ1n) is 9.29. The molecule has 1 fully saturated rings. The molecule has 28 heavy (non-hydrogen) atoms. The number of anilines is 2. The Bertz CT molecular complexity index is 1020. The maximum Gasteiger partial charge on any atom is 0.230 e. The van der Waals surface area contributed by atoms with E-state index in [9.17, 15) is 9.59 Å². The highest BCUT2D eigenvalue weighted by molar-refractivity contribution is 7.13. The van der Waals surface area contributed by atoms with Crippen LogP contribution in [0.2, 0.25) is 0 Å². The fourth-order valence-corrected chi connectivity index (χ4v) is 3.75. The Kier molecular flexibility index (Phi) is 5.21. The molecule has 3 aromatic rings. The lowest BCUT2D eigenvalue weighted by molar-refractivity contribution is -0.117. The molecule has 2 N–H and O–H groups in total. The van der Waals surface area contributed by atoms with E-state index in [1.165, 1.54) is 16.9 Å². The maximum atomic E-state index is 12.4. The van der Waals surface area contributed by atoms with Gasteiger partial charge in [-0.25, -0.2) is 4.98 Å². The van der Waals surface area contributed by atoms with Crippen LogP contribution < -0.4 is 10.6 Å². The van der Waals surface area contributed by atoms with Crippen molar-refractivity contribution in [3.63, 3.8) is 0 Å². The van der Waals surface area contributed by atoms with Crippen molar-refractivity contribution in [2.45, 2.75) is 26.2 Å². The molecule has 0 radical (unpaired) electrons. The number of thiazole rings is 1.